The Bertz CT molecular complexity index is 437. The molecule has 0 aliphatic rings. The monoisotopic (exact) mass is 339 g/mol. The predicted octanol–water partition coefficient (Wildman–Crippen LogP) is 3.84. The number of rotatable bonds is 3. The topological polar surface area (TPSA) is 35.1 Å². The van der Waals surface area contributed by atoms with Crippen molar-refractivity contribution in [2.24, 2.45) is 0 Å². The summed E-state index contributed by atoms with van der Waals surface area (Å²) in [5.41, 5.74) is 0.152. The maximum Gasteiger partial charge on any atom is 0.163 e. The van der Waals surface area contributed by atoms with Gasteiger partial charge in [0.1, 0.15) is 4.75 Å². The van der Waals surface area contributed by atoms with Crippen molar-refractivity contribution in [1.29, 1.82) is 0 Å². The van der Waals surface area contributed by atoms with Gasteiger partial charge in [0.15, 0.2) is 11.6 Å². The molecule has 0 aliphatic heterocycles. The summed E-state index contributed by atoms with van der Waals surface area (Å²) in [6, 6.07) is 2.00. The van der Waals surface area contributed by atoms with Gasteiger partial charge in [0, 0.05) is 21.4 Å². The molecule has 0 aromatic heterocycles. The highest BCUT2D eigenvalue weighted by molar-refractivity contribution is 9.10. The van der Waals surface area contributed by atoms with Crippen LogP contribution in [-0.4, -0.2) is 9.30 Å². The first-order chi connectivity index (χ1) is 8.12. The Labute approximate surface area is 118 Å². The molecule has 1 aromatic rings. The van der Waals surface area contributed by atoms with Crippen LogP contribution < -0.4 is 4.72 Å². The summed E-state index contributed by atoms with van der Waals surface area (Å²) in [4.78, 5) is 0. The normalized spacial score (nSPS) is 15.6. The molecule has 0 unspecified atom stereocenters. The molecule has 0 saturated heterocycles. The van der Waals surface area contributed by atoms with Crippen LogP contribution in [0.3, 0.4) is 0 Å². The van der Waals surface area contributed by atoms with E-state index >= 15 is 0 Å². The largest absolute Gasteiger partial charge is 0.598 e. The fourth-order valence-corrected chi connectivity index (χ4v) is 2.54. The predicted molar refractivity (Wildman–Crippen MR) is 73.5 cm³/mol. The first kappa shape index (κ1) is 15.9. The SMILES string of the molecule is C[C@@H](N[S@@+]([O-])C(C)(C)C)c1cc(Br)cc(F)c1F. The highest BCUT2D eigenvalue weighted by Gasteiger charge is 2.29. The number of halogens is 3. The number of benzene rings is 1. The summed E-state index contributed by atoms with van der Waals surface area (Å²) >= 11 is 1.77. The molecule has 1 rings (SSSR count). The van der Waals surface area contributed by atoms with E-state index < -0.39 is 33.8 Å². The summed E-state index contributed by atoms with van der Waals surface area (Å²) < 4.78 is 41.6. The van der Waals surface area contributed by atoms with Gasteiger partial charge >= 0.3 is 0 Å². The van der Waals surface area contributed by atoms with Gasteiger partial charge < -0.3 is 4.55 Å². The Morgan fingerprint density at radius 1 is 1.33 bits per heavy atom. The molecule has 0 spiro atoms. The Kier molecular flexibility index (Phi) is 5.17. The summed E-state index contributed by atoms with van der Waals surface area (Å²) in [7, 11) is 0. The Morgan fingerprint density at radius 3 is 2.39 bits per heavy atom. The van der Waals surface area contributed by atoms with Crippen molar-refractivity contribution in [2.75, 3.05) is 0 Å². The average Bonchev–Trinajstić information content (AvgIpc) is 2.21. The molecule has 6 heteroatoms. The van der Waals surface area contributed by atoms with Gasteiger partial charge in [0.05, 0.1) is 6.04 Å². The van der Waals surface area contributed by atoms with E-state index in [1.54, 1.807) is 27.7 Å². The molecule has 0 fully saturated rings. The lowest BCUT2D eigenvalue weighted by molar-refractivity contribution is 0.481. The molecule has 1 aromatic carbocycles. The van der Waals surface area contributed by atoms with E-state index in [0.717, 1.165) is 6.07 Å². The van der Waals surface area contributed by atoms with Crippen LogP contribution in [0.4, 0.5) is 8.78 Å². The van der Waals surface area contributed by atoms with Gasteiger partial charge in [-0.2, -0.15) is 0 Å². The van der Waals surface area contributed by atoms with Crippen molar-refractivity contribution in [3.8, 4) is 0 Å². The summed E-state index contributed by atoms with van der Waals surface area (Å²) in [5, 5.41) is 0. The molecule has 2 atom stereocenters. The molecule has 18 heavy (non-hydrogen) atoms. The lowest BCUT2D eigenvalue weighted by Crippen LogP contribution is -2.40. The first-order valence-corrected chi connectivity index (χ1v) is 7.39. The minimum atomic E-state index is -1.34. The number of hydrogen-bond donors (Lipinski definition) is 1. The Balaban J connectivity index is 2.95. The molecular weight excluding hydrogens is 324 g/mol. The van der Waals surface area contributed by atoms with Crippen LogP contribution in [0.15, 0.2) is 16.6 Å². The highest BCUT2D eigenvalue weighted by Crippen LogP contribution is 2.26. The van der Waals surface area contributed by atoms with Crippen molar-refractivity contribution >= 4 is 27.3 Å². The van der Waals surface area contributed by atoms with Gasteiger partial charge in [-0.3, -0.25) is 0 Å². The zero-order valence-corrected chi connectivity index (χ0v) is 13.1. The Hall–Kier alpha value is -0.170. The molecular formula is C12H16BrF2NOS. The molecule has 2 nitrogen and oxygen atoms in total. The fraction of sp³-hybridized carbons (Fsp3) is 0.500. The standard InChI is InChI=1S/C12H16BrF2NOS/c1-7(16-18(17)12(2,3)4)9-5-8(13)6-10(14)11(9)15/h5-7,16H,1-4H3/t7-,18+/m1/s1. The molecule has 0 radical (unpaired) electrons. The lowest BCUT2D eigenvalue weighted by Gasteiger charge is -2.26. The van der Waals surface area contributed by atoms with Gasteiger partial charge in [0.25, 0.3) is 0 Å². The van der Waals surface area contributed by atoms with E-state index in [-0.39, 0.29) is 5.56 Å². The second-order valence-electron chi connectivity index (χ2n) is 5.01. The quantitative estimate of drug-likeness (QED) is 0.670. The van der Waals surface area contributed by atoms with E-state index in [9.17, 15) is 13.3 Å². The molecule has 1 N–H and O–H groups in total. The van der Waals surface area contributed by atoms with Crippen molar-refractivity contribution < 1.29 is 13.3 Å². The minimum Gasteiger partial charge on any atom is -0.598 e. The number of hydrogen-bond acceptors (Lipinski definition) is 2. The van der Waals surface area contributed by atoms with E-state index in [1.165, 1.54) is 6.07 Å². The smallest absolute Gasteiger partial charge is 0.163 e. The van der Waals surface area contributed by atoms with Crippen LogP contribution >= 0.6 is 15.9 Å². The highest BCUT2D eigenvalue weighted by atomic mass is 79.9. The van der Waals surface area contributed by atoms with Gasteiger partial charge in [-0.1, -0.05) is 15.9 Å². The summed E-state index contributed by atoms with van der Waals surface area (Å²) in [5.74, 6) is -1.83. The summed E-state index contributed by atoms with van der Waals surface area (Å²) in [6.07, 6.45) is 0. The fourth-order valence-electron chi connectivity index (χ4n) is 1.29. The van der Waals surface area contributed by atoms with Crippen LogP contribution in [-0.2, 0) is 11.4 Å². The van der Waals surface area contributed by atoms with Crippen LogP contribution in [0, 0.1) is 11.6 Å². The lowest BCUT2D eigenvalue weighted by atomic mass is 10.1. The second-order valence-corrected chi connectivity index (χ2v) is 7.93. The van der Waals surface area contributed by atoms with Gasteiger partial charge in [-0.05, 0) is 39.8 Å². The van der Waals surface area contributed by atoms with Crippen molar-refractivity contribution in [3.63, 3.8) is 0 Å². The maximum absolute atomic E-state index is 13.6. The van der Waals surface area contributed by atoms with Gasteiger partial charge in [0.2, 0.25) is 0 Å². The van der Waals surface area contributed by atoms with Crippen molar-refractivity contribution in [2.45, 2.75) is 38.5 Å². The first-order valence-electron chi connectivity index (χ1n) is 5.45. The third kappa shape index (κ3) is 3.91. The maximum atomic E-state index is 13.6. The van der Waals surface area contributed by atoms with Crippen LogP contribution in [0.5, 0.6) is 0 Å². The van der Waals surface area contributed by atoms with Crippen molar-refractivity contribution in [3.05, 3.63) is 33.8 Å². The average molecular weight is 340 g/mol. The second kappa shape index (κ2) is 5.86. The van der Waals surface area contributed by atoms with E-state index in [2.05, 4.69) is 20.7 Å². The van der Waals surface area contributed by atoms with Crippen LogP contribution in [0.1, 0.15) is 39.3 Å². The van der Waals surface area contributed by atoms with E-state index in [0.29, 0.717) is 4.47 Å². The number of nitrogens with one attached hydrogen (secondary N) is 1. The third-order valence-electron chi connectivity index (χ3n) is 2.33. The minimum absolute atomic E-state index is 0.152. The van der Waals surface area contributed by atoms with Gasteiger partial charge in [-0.25, -0.2) is 8.78 Å². The molecule has 0 bridgehead atoms. The van der Waals surface area contributed by atoms with Crippen molar-refractivity contribution in [1.82, 2.24) is 4.72 Å². The van der Waals surface area contributed by atoms with E-state index in [4.69, 9.17) is 0 Å². The van der Waals surface area contributed by atoms with Gasteiger partial charge in [-0.15, -0.1) is 4.72 Å². The zero-order chi connectivity index (χ0) is 14.1. The molecule has 0 amide bonds. The molecule has 0 aliphatic carbocycles. The van der Waals surface area contributed by atoms with E-state index in [1.807, 2.05) is 0 Å². The summed E-state index contributed by atoms with van der Waals surface area (Å²) in [6.45, 7) is 7.07. The Morgan fingerprint density at radius 2 is 1.89 bits per heavy atom. The van der Waals surface area contributed by atoms with Crippen LogP contribution in [0.2, 0.25) is 0 Å². The molecule has 102 valence electrons. The molecule has 0 heterocycles. The zero-order valence-electron chi connectivity index (χ0n) is 10.7. The third-order valence-corrected chi connectivity index (χ3v) is 4.47. The van der Waals surface area contributed by atoms with Crippen LogP contribution in [0.25, 0.3) is 0 Å². The molecule has 0 saturated carbocycles.